The van der Waals surface area contributed by atoms with Crippen LogP contribution in [0.3, 0.4) is 0 Å². The van der Waals surface area contributed by atoms with Crippen molar-refractivity contribution in [3.8, 4) is 28.8 Å². The third-order valence-electron chi connectivity index (χ3n) is 12.3. The first-order valence-corrected chi connectivity index (χ1v) is 23.4. The first-order chi connectivity index (χ1) is 30.7. The minimum atomic E-state index is -4.87. The van der Waals surface area contributed by atoms with Crippen LogP contribution in [-0.4, -0.2) is 108 Å². The second-order valence-electron chi connectivity index (χ2n) is 17.9. The van der Waals surface area contributed by atoms with Crippen molar-refractivity contribution in [1.82, 2.24) is 30.2 Å². The summed E-state index contributed by atoms with van der Waals surface area (Å²) in [7, 11) is -2.49. The SMILES string of the molecule is COc1ccc2c(O[C@@H]3C[C@H]4C(=O)N[C@]5(C(=O)NS(=O)(=O)C6CC6)C[C@H]5/C=C\CC[C@@H](C)C[C@@H](C)[C@H](NC(=O)O[C@H](C)C(F)(F)F)C(=O)N4C3)nc(-c3ccc(OC(C)C)cn3)cc2c1. The van der Waals surface area contributed by atoms with Gasteiger partial charge < -0.3 is 34.5 Å². The molecule has 4 amide bonds. The molecule has 352 valence electrons. The smallest absolute Gasteiger partial charge is 0.425 e. The topological polar surface area (TPSA) is 204 Å². The summed E-state index contributed by atoms with van der Waals surface area (Å²) in [6.07, 6.45) is -2.44. The highest BCUT2D eigenvalue weighted by Gasteiger charge is 2.62. The first-order valence-electron chi connectivity index (χ1n) is 21.8. The number of allylic oxidation sites excluding steroid dienone is 1. The van der Waals surface area contributed by atoms with Gasteiger partial charge in [0, 0.05) is 17.7 Å². The van der Waals surface area contributed by atoms with Gasteiger partial charge in [-0.3, -0.25) is 24.1 Å². The Bertz CT molecular complexity index is 2430. The van der Waals surface area contributed by atoms with Crippen LogP contribution in [0.5, 0.6) is 17.4 Å². The van der Waals surface area contributed by atoms with Crippen molar-refractivity contribution in [1.29, 1.82) is 0 Å². The summed E-state index contributed by atoms with van der Waals surface area (Å²) >= 11 is 0. The Hall–Kier alpha value is -5.66. The van der Waals surface area contributed by atoms with Gasteiger partial charge in [0.15, 0.2) is 6.10 Å². The lowest BCUT2D eigenvalue weighted by Gasteiger charge is -2.33. The molecule has 2 aliphatic carbocycles. The maximum absolute atomic E-state index is 14.9. The Morgan fingerprint density at radius 3 is 2.40 bits per heavy atom. The number of benzene rings is 1. The molecule has 20 heteroatoms. The van der Waals surface area contributed by atoms with Crippen molar-refractivity contribution in [3.05, 3.63) is 54.7 Å². The molecule has 2 aromatic heterocycles. The van der Waals surface area contributed by atoms with E-state index in [0.29, 0.717) is 72.7 Å². The second-order valence-corrected chi connectivity index (χ2v) is 19.9. The number of hydrogen-bond acceptors (Lipinski definition) is 12. The number of sulfonamides is 1. The average Bonchev–Trinajstić information content (AvgIpc) is 4.17. The molecule has 3 N–H and O–H groups in total. The molecular formula is C45H55F3N6O10S. The van der Waals surface area contributed by atoms with Crippen LogP contribution in [0.25, 0.3) is 22.2 Å². The van der Waals surface area contributed by atoms with Crippen LogP contribution in [-0.2, 0) is 29.1 Å². The fourth-order valence-corrected chi connectivity index (χ4v) is 9.83. The Morgan fingerprint density at radius 2 is 1.74 bits per heavy atom. The highest BCUT2D eigenvalue weighted by atomic mass is 32.2. The van der Waals surface area contributed by atoms with Crippen molar-refractivity contribution in [3.63, 3.8) is 0 Å². The summed E-state index contributed by atoms with van der Waals surface area (Å²) < 4.78 is 91.1. The molecule has 2 aliphatic heterocycles. The number of nitrogens with zero attached hydrogens (tertiary/aromatic N) is 3. The monoisotopic (exact) mass is 928 g/mol. The lowest BCUT2D eigenvalue weighted by Crippen LogP contribution is -2.59. The van der Waals surface area contributed by atoms with Gasteiger partial charge in [-0.15, -0.1) is 0 Å². The van der Waals surface area contributed by atoms with Crippen LogP contribution < -0.4 is 29.6 Å². The summed E-state index contributed by atoms with van der Waals surface area (Å²) in [6, 6.07) is 7.72. The molecular weight excluding hydrogens is 874 g/mol. The van der Waals surface area contributed by atoms with Gasteiger partial charge in [0.2, 0.25) is 27.7 Å². The first kappa shape index (κ1) is 47.3. The van der Waals surface area contributed by atoms with Crippen LogP contribution in [0.15, 0.2) is 54.7 Å². The number of halogens is 3. The molecule has 7 rings (SSSR count). The minimum Gasteiger partial charge on any atom is -0.497 e. The molecule has 1 aromatic carbocycles. The summed E-state index contributed by atoms with van der Waals surface area (Å²) in [5.74, 6) is -2.55. The number of carbonyl (C=O) groups is 4. The average molecular weight is 929 g/mol. The van der Waals surface area contributed by atoms with E-state index in [4.69, 9.17) is 19.2 Å². The van der Waals surface area contributed by atoms with Crippen molar-refractivity contribution in [2.45, 2.75) is 127 Å². The minimum absolute atomic E-state index is 0.0539. The number of pyridine rings is 2. The van der Waals surface area contributed by atoms with Gasteiger partial charge in [-0.2, -0.15) is 13.2 Å². The molecule has 4 heterocycles. The van der Waals surface area contributed by atoms with Gasteiger partial charge in [-0.25, -0.2) is 18.2 Å². The van der Waals surface area contributed by atoms with Crippen LogP contribution in [0.4, 0.5) is 18.0 Å². The molecule has 16 nitrogen and oxygen atoms in total. The number of amides is 4. The maximum atomic E-state index is 14.9. The van der Waals surface area contributed by atoms with Crippen LogP contribution in [0.2, 0.25) is 0 Å². The highest BCUT2D eigenvalue weighted by molar-refractivity contribution is 7.91. The quantitative estimate of drug-likeness (QED) is 0.190. The molecule has 65 heavy (non-hydrogen) atoms. The number of rotatable bonds is 11. The summed E-state index contributed by atoms with van der Waals surface area (Å²) in [6.45, 7) is 7.81. The highest BCUT2D eigenvalue weighted by Crippen LogP contribution is 2.46. The lowest BCUT2D eigenvalue weighted by molar-refractivity contribution is -0.197. The number of aromatic nitrogens is 2. The summed E-state index contributed by atoms with van der Waals surface area (Å²) in [4.78, 5) is 67.2. The van der Waals surface area contributed by atoms with E-state index in [1.165, 1.54) is 12.0 Å². The fourth-order valence-electron chi connectivity index (χ4n) is 8.47. The van der Waals surface area contributed by atoms with Gasteiger partial charge >= 0.3 is 12.3 Å². The zero-order valence-corrected chi connectivity index (χ0v) is 37.8. The number of ether oxygens (including phenoxy) is 4. The molecule has 3 fully saturated rings. The Morgan fingerprint density at radius 1 is 1.00 bits per heavy atom. The van der Waals surface area contributed by atoms with E-state index in [-0.39, 0.29) is 37.3 Å². The van der Waals surface area contributed by atoms with Gasteiger partial charge in [-0.05, 0) is 113 Å². The molecule has 3 aromatic rings. The molecule has 0 bridgehead atoms. The van der Waals surface area contributed by atoms with E-state index in [9.17, 15) is 40.8 Å². The molecule has 0 spiro atoms. The summed E-state index contributed by atoms with van der Waals surface area (Å²) in [5.41, 5.74) is -0.765. The third kappa shape index (κ3) is 10.9. The maximum Gasteiger partial charge on any atom is 0.425 e. The van der Waals surface area contributed by atoms with Crippen LogP contribution in [0.1, 0.15) is 79.6 Å². The van der Waals surface area contributed by atoms with Crippen LogP contribution >= 0.6 is 0 Å². The number of carbonyl (C=O) groups excluding carboxylic acids is 4. The predicted molar refractivity (Wildman–Crippen MR) is 231 cm³/mol. The molecule has 8 atom stereocenters. The number of nitrogens with one attached hydrogen (secondary N) is 3. The summed E-state index contributed by atoms with van der Waals surface area (Å²) in [5, 5.41) is 5.68. The van der Waals surface area contributed by atoms with Gasteiger partial charge in [0.1, 0.15) is 35.2 Å². The third-order valence-corrected chi connectivity index (χ3v) is 14.1. The molecule has 1 saturated heterocycles. The van der Waals surface area contributed by atoms with Gasteiger partial charge in [0.25, 0.3) is 5.91 Å². The molecule has 2 saturated carbocycles. The lowest BCUT2D eigenvalue weighted by atomic mass is 9.88. The van der Waals surface area contributed by atoms with Gasteiger partial charge in [0.05, 0.1) is 42.6 Å². The van der Waals surface area contributed by atoms with E-state index in [1.54, 1.807) is 55.6 Å². The fraction of sp³-hybridized carbons (Fsp3) is 0.556. The van der Waals surface area contributed by atoms with E-state index >= 15 is 0 Å². The normalized spacial score (nSPS) is 27.3. The van der Waals surface area contributed by atoms with E-state index in [0.717, 1.165) is 0 Å². The van der Waals surface area contributed by atoms with E-state index < -0.39 is 86.9 Å². The van der Waals surface area contributed by atoms with E-state index in [2.05, 4.69) is 25.1 Å². The molecule has 0 radical (unpaired) electrons. The molecule has 0 unspecified atom stereocenters. The van der Waals surface area contributed by atoms with Crippen molar-refractivity contribution < 1.29 is 59.7 Å². The zero-order valence-electron chi connectivity index (χ0n) is 37.0. The van der Waals surface area contributed by atoms with Crippen molar-refractivity contribution in [2.75, 3.05) is 13.7 Å². The number of hydrogen-bond donors (Lipinski definition) is 3. The van der Waals surface area contributed by atoms with Crippen molar-refractivity contribution >= 4 is 44.6 Å². The number of fused-ring (bicyclic) bond motifs is 3. The van der Waals surface area contributed by atoms with Crippen molar-refractivity contribution in [2.24, 2.45) is 17.8 Å². The predicted octanol–water partition coefficient (Wildman–Crippen LogP) is 5.98. The standard InChI is InChI=1S/C45H55F3N6O10S/c1-24(2)62-31-12-16-35(49-22-31)36-19-28-18-30(61-6)11-15-34(28)40(50-36)64-32-20-37-39(55)52-44(42(57)53-65(59,60)33-13-14-33)21-29(44)10-8-7-9-25(3)17-26(4)38(41(56)54(37)23-32)51-43(58)63-27(5)45(46,47)48/h8,10-12,15-16,18-19,22,24-27,29,32-33,37-38H,7,9,13-14,17,20-21,23H2,1-6H3,(H,51,58)(H,52,55)(H,53,57)/b10-8-/t25-,26-,27-,29-,32-,37+,38+,44-/m1/s1. The molecule has 4 aliphatic rings. The Labute approximate surface area is 375 Å². The zero-order chi connectivity index (χ0) is 47.0. The second kappa shape index (κ2) is 18.7. The Balaban J connectivity index is 1.25. The van der Waals surface area contributed by atoms with Gasteiger partial charge in [-0.1, -0.05) is 26.0 Å². The largest absolute Gasteiger partial charge is 0.497 e. The van der Waals surface area contributed by atoms with Crippen LogP contribution in [0, 0.1) is 17.8 Å². The number of alkyl halides is 3. The van der Waals surface area contributed by atoms with E-state index in [1.807, 2.05) is 26.8 Å². The number of methoxy groups -OCH3 is 1. The Kier molecular flexibility index (Phi) is 13.6. The number of alkyl carbamates (subject to hydrolysis) is 1.